The number of fused-ring (bicyclic) bond motifs is 3. The highest BCUT2D eigenvalue weighted by atomic mass is 19.2. The van der Waals surface area contributed by atoms with Gasteiger partial charge in [-0.25, -0.2) is 54.8 Å². The predicted octanol–water partition coefficient (Wildman–Crippen LogP) is 13.4. The number of halogens is 6. The molecule has 3 aromatic carbocycles. The minimum Gasteiger partial charge on any atom is -0.354 e. The lowest BCUT2D eigenvalue weighted by molar-refractivity contribution is 0.242. The molecule has 9 aromatic heterocycles. The third kappa shape index (κ3) is 16.9. The molecule has 12 aromatic rings. The molecule has 1 N–H and O–H groups in total. The summed E-state index contributed by atoms with van der Waals surface area (Å²) in [4.78, 5) is 31.6. The first-order valence-electron chi connectivity index (χ1n) is 39.1. The zero-order chi connectivity index (χ0) is 79.9. The molecule has 588 valence electrons. The lowest BCUT2D eigenvalue weighted by atomic mass is 9.96. The van der Waals surface area contributed by atoms with Crippen LogP contribution in [-0.2, 0) is 19.6 Å². The molecule has 0 radical (unpaired) electrons. The lowest BCUT2D eigenvalue weighted by Crippen LogP contribution is -2.46. The topological polar surface area (TPSA) is 200 Å². The van der Waals surface area contributed by atoms with Crippen LogP contribution in [0.3, 0.4) is 0 Å². The van der Waals surface area contributed by atoms with E-state index in [1.54, 1.807) is 32.1 Å². The van der Waals surface area contributed by atoms with Gasteiger partial charge in [0.25, 0.3) is 0 Å². The number of pyridine rings is 6. The Labute approximate surface area is 668 Å². The van der Waals surface area contributed by atoms with Crippen LogP contribution in [0.2, 0.25) is 0 Å². The summed E-state index contributed by atoms with van der Waals surface area (Å²) in [5, 5.41) is 45.8. The van der Waals surface area contributed by atoms with Crippen molar-refractivity contribution >= 4 is 50.7 Å². The van der Waals surface area contributed by atoms with Gasteiger partial charge in [0.2, 0.25) is 0 Å². The van der Waals surface area contributed by atoms with Gasteiger partial charge in [0.1, 0.15) is 70.6 Å². The summed E-state index contributed by atoms with van der Waals surface area (Å²) in [5.41, 5.74) is 16.9. The predicted molar refractivity (Wildman–Crippen MR) is 437 cm³/mol. The first-order valence-corrected chi connectivity index (χ1v) is 39.1. The third-order valence-electron chi connectivity index (χ3n) is 22.8. The first-order chi connectivity index (χ1) is 56.6. The van der Waals surface area contributed by atoms with Crippen LogP contribution >= 0.6 is 0 Å². The van der Waals surface area contributed by atoms with Crippen molar-refractivity contribution in [3.63, 3.8) is 0 Å². The van der Waals surface area contributed by atoms with Crippen molar-refractivity contribution in [3.05, 3.63) is 268 Å². The molecule has 15 heterocycles. The second-order valence-electron chi connectivity index (χ2n) is 30.1. The molecule has 21 nitrogen and oxygen atoms in total. The summed E-state index contributed by atoms with van der Waals surface area (Å²) < 4.78 is 89.8. The van der Waals surface area contributed by atoms with Crippen LogP contribution in [0, 0.1) is 68.9 Å². The van der Waals surface area contributed by atoms with Gasteiger partial charge in [0.05, 0.1) is 51.8 Å². The van der Waals surface area contributed by atoms with Crippen LogP contribution in [0.5, 0.6) is 0 Å². The summed E-state index contributed by atoms with van der Waals surface area (Å²) in [6.07, 6.45) is 25.9. The first kappa shape index (κ1) is 77.5. The van der Waals surface area contributed by atoms with Crippen molar-refractivity contribution < 1.29 is 26.3 Å². The molecular formula is C89H85F6N21. The normalized spacial score (nSPS) is 16.7. The second kappa shape index (κ2) is 34.7. The molecule has 6 aliphatic rings. The maximum absolute atomic E-state index is 14.1. The fourth-order valence-electron chi connectivity index (χ4n) is 16.1. The van der Waals surface area contributed by atoms with E-state index in [-0.39, 0.29) is 36.3 Å². The van der Waals surface area contributed by atoms with Crippen molar-refractivity contribution in [1.29, 1.82) is 15.8 Å². The van der Waals surface area contributed by atoms with E-state index in [2.05, 4.69) is 129 Å². The Morgan fingerprint density at radius 1 is 0.362 bits per heavy atom. The molecule has 3 fully saturated rings. The van der Waals surface area contributed by atoms with Gasteiger partial charge in [-0.3, -0.25) is 14.7 Å². The van der Waals surface area contributed by atoms with E-state index in [4.69, 9.17) is 15.0 Å². The van der Waals surface area contributed by atoms with Crippen molar-refractivity contribution in [2.75, 3.05) is 147 Å². The van der Waals surface area contributed by atoms with E-state index in [1.807, 2.05) is 73.6 Å². The molecule has 0 unspecified atom stereocenters. The van der Waals surface area contributed by atoms with Crippen LogP contribution in [0.1, 0.15) is 69.3 Å². The van der Waals surface area contributed by atoms with Gasteiger partial charge >= 0.3 is 0 Å². The van der Waals surface area contributed by atoms with Crippen molar-refractivity contribution in [1.82, 2.24) is 73.6 Å². The Morgan fingerprint density at radius 2 is 0.672 bits per heavy atom. The Balaban J connectivity index is 0.000000131. The van der Waals surface area contributed by atoms with E-state index in [0.717, 1.165) is 143 Å². The minimum atomic E-state index is -0.503. The van der Waals surface area contributed by atoms with E-state index in [1.165, 1.54) is 71.3 Å². The number of hydrogen-bond acceptors (Lipinski definition) is 18. The molecule has 0 atom stereocenters. The maximum atomic E-state index is 14.1. The quantitative estimate of drug-likeness (QED) is 0.0949. The van der Waals surface area contributed by atoms with Gasteiger partial charge in [-0.15, -0.1) is 0 Å². The molecule has 116 heavy (non-hydrogen) atoms. The molecule has 3 saturated heterocycles. The average Bonchev–Trinajstić information content (AvgIpc) is 1.64. The van der Waals surface area contributed by atoms with Gasteiger partial charge in [-0.1, -0.05) is 36.4 Å². The summed E-state index contributed by atoms with van der Waals surface area (Å²) in [7, 11) is 4.23. The number of nitrogens with one attached hydrogen (secondary N) is 1. The van der Waals surface area contributed by atoms with Crippen LogP contribution in [0.25, 0.3) is 66.7 Å². The van der Waals surface area contributed by atoms with Crippen molar-refractivity contribution in [3.8, 4) is 51.6 Å². The molecule has 0 aliphatic carbocycles. The lowest BCUT2D eigenvalue weighted by Gasteiger charge is -2.35. The van der Waals surface area contributed by atoms with Gasteiger partial charge in [0.15, 0.2) is 0 Å². The van der Waals surface area contributed by atoms with Gasteiger partial charge in [-0.05, 0) is 164 Å². The number of aromatic nitrogens is 9. The van der Waals surface area contributed by atoms with Gasteiger partial charge in [-0.2, -0.15) is 31.1 Å². The standard InChI is InChI=1S/2C30H29F2N7.C29H27F2N7/c2*1-36-9-7-21(8-10-36)23-15-25(30-24(16-33)18-35-39(30)19-23)22-5-6-29(34-17-22)38-13-11-37(12-14-38)20-26-27(31)3-2-4-28(26)32;30-26-2-1-3-27(31)25(26)19-36-10-12-37(13-11-36)28-5-4-21(16-34-28)24-14-22(20-6-8-33-9-7-20)18-38-29(24)23(15-32)17-35-38/h2*2-7,15,17-19H,8-14,20H2,1H3;1-6,14,16-18,33H,7-13,19H2. The number of nitrogens with zero attached hydrogens (tertiary/aromatic N) is 20. The SMILES string of the molecule is CN1CC=C(c2cc(-c3ccc(N4CCN(Cc5c(F)cccc5F)CC4)nc3)c3c(C#N)cnn3c2)CC1.CN1CC=C(c2cc(-c3ccc(N4CCN(Cc5c(F)cccc5F)CC4)nc3)c3c(C#N)cnn3c2)CC1.N#Cc1cnn2cc(C3=CCNCC3)cc(-c3ccc(N4CCN(Cc5c(F)cccc5F)CC4)nc3)c12. The van der Waals surface area contributed by atoms with Crippen LogP contribution < -0.4 is 20.0 Å². The monoisotopic (exact) mass is 1560 g/mol. The highest BCUT2D eigenvalue weighted by Gasteiger charge is 2.28. The molecule has 0 bridgehead atoms. The zero-order valence-electron chi connectivity index (χ0n) is 64.5. The van der Waals surface area contributed by atoms with E-state index >= 15 is 0 Å². The van der Waals surface area contributed by atoms with Gasteiger partial charge in [0, 0.05) is 218 Å². The fourth-order valence-corrected chi connectivity index (χ4v) is 16.1. The Morgan fingerprint density at radius 3 is 0.931 bits per heavy atom. The Hall–Kier alpha value is -12.4. The summed E-state index contributed by atoms with van der Waals surface area (Å²) in [6.45, 7) is 14.7. The van der Waals surface area contributed by atoms with Crippen molar-refractivity contribution in [2.24, 2.45) is 0 Å². The van der Waals surface area contributed by atoms with E-state index < -0.39 is 34.9 Å². The number of nitriles is 3. The Kier molecular flexibility index (Phi) is 23.2. The van der Waals surface area contributed by atoms with Gasteiger partial charge < -0.3 is 29.8 Å². The number of piperazine rings is 3. The summed E-state index contributed by atoms with van der Waals surface area (Å²) in [6, 6.07) is 37.3. The number of hydrogen-bond donors (Lipinski definition) is 1. The highest BCUT2D eigenvalue weighted by molar-refractivity contribution is 5.90. The van der Waals surface area contributed by atoms with E-state index in [0.29, 0.717) is 95.2 Å². The molecule has 6 aliphatic heterocycles. The number of likely N-dealkylation sites (N-methyl/N-ethyl adjacent to an activating group) is 2. The fraction of sp³-hybridized carbons (Fsp3) is 0.292. The molecule has 0 spiro atoms. The highest BCUT2D eigenvalue weighted by Crippen LogP contribution is 2.37. The minimum absolute atomic E-state index is 0.119. The number of anilines is 3. The second-order valence-corrected chi connectivity index (χ2v) is 30.1. The molecule has 18 rings (SSSR count). The maximum Gasteiger partial charge on any atom is 0.130 e. The zero-order valence-corrected chi connectivity index (χ0v) is 64.5. The summed E-state index contributed by atoms with van der Waals surface area (Å²) >= 11 is 0. The Bertz CT molecular complexity index is 5530. The molecular weight excluding hydrogens is 1480 g/mol. The third-order valence-corrected chi connectivity index (χ3v) is 22.8. The largest absolute Gasteiger partial charge is 0.354 e. The van der Waals surface area contributed by atoms with Crippen molar-refractivity contribution in [2.45, 2.75) is 38.9 Å². The molecule has 0 amide bonds. The van der Waals surface area contributed by atoms with Crippen LogP contribution in [-0.4, -0.2) is 200 Å². The number of benzene rings is 3. The van der Waals surface area contributed by atoms with E-state index in [9.17, 15) is 42.1 Å². The molecule has 0 saturated carbocycles. The number of rotatable bonds is 15. The molecule has 27 heteroatoms. The summed E-state index contributed by atoms with van der Waals surface area (Å²) in [5.74, 6) is -0.447. The average molecular weight is 1560 g/mol. The van der Waals surface area contributed by atoms with Crippen LogP contribution in [0.4, 0.5) is 43.8 Å². The van der Waals surface area contributed by atoms with Crippen LogP contribution in [0.15, 0.2) is 183 Å². The smallest absolute Gasteiger partial charge is 0.130 e.